The van der Waals surface area contributed by atoms with E-state index in [9.17, 15) is 4.79 Å². The number of carbonyl (C=O) groups is 1. The van der Waals surface area contributed by atoms with Crippen molar-refractivity contribution in [2.75, 3.05) is 18.9 Å². The van der Waals surface area contributed by atoms with Gasteiger partial charge in [0.15, 0.2) is 6.61 Å². The van der Waals surface area contributed by atoms with Crippen LogP contribution in [0.4, 0.5) is 5.69 Å². The molecule has 3 N–H and O–H groups in total. The lowest BCUT2D eigenvalue weighted by atomic mass is 10.3. The van der Waals surface area contributed by atoms with Crippen molar-refractivity contribution in [2.24, 2.45) is 0 Å². The largest absolute Gasteiger partial charge is 0.484 e. The van der Waals surface area contributed by atoms with E-state index in [0.717, 1.165) is 5.76 Å². The summed E-state index contributed by atoms with van der Waals surface area (Å²) in [7, 11) is 0. The predicted octanol–water partition coefficient (Wildman–Crippen LogP) is 1.60. The molecule has 2 rings (SSSR count). The van der Waals surface area contributed by atoms with Crippen molar-refractivity contribution in [3.63, 3.8) is 0 Å². The van der Waals surface area contributed by atoms with Gasteiger partial charge in [-0.05, 0) is 24.3 Å². The maximum atomic E-state index is 11.5. The molecule has 0 fully saturated rings. The van der Waals surface area contributed by atoms with Crippen molar-refractivity contribution >= 4 is 11.6 Å². The summed E-state index contributed by atoms with van der Waals surface area (Å²) in [6.07, 6.45) is 2.27. The monoisotopic (exact) mass is 260 g/mol. The average Bonchev–Trinajstić information content (AvgIpc) is 2.90. The molecule has 0 bridgehead atoms. The zero-order chi connectivity index (χ0) is 13.5. The van der Waals surface area contributed by atoms with Gasteiger partial charge in [-0.1, -0.05) is 6.07 Å². The molecule has 0 unspecified atom stereocenters. The minimum absolute atomic E-state index is 0.0262. The Balaban J connectivity index is 1.67. The summed E-state index contributed by atoms with van der Waals surface area (Å²) in [5.74, 6) is 1.26. The fraction of sp³-hybridized carbons (Fsp3) is 0.214. The van der Waals surface area contributed by atoms with Crippen LogP contribution < -0.4 is 15.8 Å². The summed E-state index contributed by atoms with van der Waals surface area (Å²) in [5, 5.41) is 2.75. The molecular formula is C14H16N2O3. The second kappa shape index (κ2) is 6.49. The molecule has 1 aromatic carbocycles. The molecule has 0 saturated carbocycles. The van der Waals surface area contributed by atoms with Crippen LogP contribution in [-0.4, -0.2) is 19.1 Å². The molecule has 0 aliphatic rings. The van der Waals surface area contributed by atoms with E-state index in [-0.39, 0.29) is 12.5 Å². The minimum Gasteiger partial charge on any atom is -0.484 e. The Hall–Kier alpha value is -2.43. The Morgan fingerprint density at radius 2 is 2.21 bits per heavy atom. The molecule has 0 spiro atoms. The number of benzene rings is 1. The Bertz CT molecular complexity index is 523. The molecule has 1 heterocycles. The van der Waals surface area contributed by atoms with Gasteiger partial charge in [0.1, 0.15) is 11.5 Å². The highest BCUT2D eigenvalue weighted by Crippen LogP contribution is 2.13. The van der Waals surface area contributed by atoms with E-state index in [1.165, 1.54) is 0 Å². The smallest absolute Gasteiger partial charge is 0.257 e. The van der Waals surface area contributed by atoms with Crippen molar-refractivity contribution in [2.45, 2.75) is 6.42 Å². The molecule has 19 heavy (non-hydrogen) atoms. The number of anilines is 1. The third-order valence-corrected chi connectivity index (χ3v) is 2.50. The number of nitrogens with two attached hydrogens (primary N) is 1. The lowest BCUT2D eigenvalue weighted by molar-refractivity contribution is -0.123. The van der Waals surface area contributed by atoms with Gasteiger partial charge in [0.2, 0.25) is 0 Å². The first-order chi connectivity index (χ1) is 9.24. The quantitative estimate of drug-likeness (QED) is 0.773. The normalized spacial score (nSPS) is 10.1. The van der Waals surface area contributed by atoms with Crippen LogP contribution in [0.2, 0.25) is 0 Å². The number of rotatable bonds is 6. The lowest BCUT2D eigenvalue weighted by Gasteiger charge is -2.07. The van der Waals surface area contributed by atoms with Gasteiger partial charge in [-0.2, -0.15) is 0 Å². The Labute approximate surface area is 111 Å². The predicted molar refractivity (Wildman–Crippen MR) is 71.8 cm³/mol. The van der Waals surface area contributed by atoms with Gasteiger partial charge in [0, 0.05) is 24.7 Å². The second-order valence-corrected chi connectivity index (χ2v) is 4.04. The van der Waals surface area contributed by atoms with E-state index in [4.69, 9.17) is 14.9 Å². The second-order valence-electron chi connectivity index (χ2n) is 4.04. The van der Waals surface area contributed by atoms with Crippen molar-refractivity contribution < 1.29 is 13.9 Å². The third-order valence-electron chi connectivity index (χ3n) is 2.50. The van der Waals surface area contributed by atoms with Gasteiger partial charge in [-0.15, -0.1) is 0 Å². The fourth-order valence-electron chi connectivity index (χ4n) is 1.58. The Kier molecular flexibility index (Phi) is 4.44. The number of furan rings is 1. The average molecular weight is 260 g/mol. The highest BCUT2D eigenvalue weighted by atomic mass is 16.5. The molecule has 0 radical (unpaired) electrons. The van der Waals surface area contributed by atoms with Crippen molar-refractivity contribution in [3.05, 3.63) is 48.4 Å². The molecule has 100 valence electrons. The number of ether oxygens (including phenoxy) is 1. The maximum absolute atomic E-state index is 11.5. The Morgan fingerprint density at radius 1 is 1.32 bits per heavy atom. The van der Waals surface area contributed by atoms with Gasteiger partial charge in [-0.25, -0.2) is 0 Å². The summed E-state index contributed by atoms with van der Waals surface area (Å²) in [5.41, 5.74) is 6.22. The zero-order valence-electron chi connectivity index (χ0n) is 10.5. The van der Waals surface area contributed by atoms with Crippen molar-refractivity contribution in [1.29, 1.82) is 0 Å². The third kappa shape index (κ3) is 4.39. The zero-order valence-corrected chi connectivity index (χ0v) is 10.5. The van der Waals surface area contributed by atoms with E-state index < -0.39 is 0 Å². The number of nitrogens with one attached hydrogen (secondary N) is 1. The minimum atomic E-state index is -0.172. The number of nitrogen functional groups attached to an aromatic ring is 1. The molecule has 0 aliphatic heterocycles. The summed E-state index contributed by atoms with van der Waals surface area (Å²) >= 11 is 0. The summed E-state index contributed by atoms with van der Waals surface area (Å²) in [4.78, 5) is 11.5. The summed E-state index contributed by atoms with van der Waals surface area (Å²) in [6.45, 7) is 0.494. The summed E-state index contributed by atoms with van der Waals surface area (Å²) < 4.78 is 10.5. The highest BCUT2D eigenvalue weighted by molar-refractivity contribution is 5.77. The number of hydrogen-bond acceptors (Lipinski definition) is 4. The lowest BCUT2D eigenvalue weighted by Crippen LogP contribution is -2.30. The first-order valence-corrected chi connectivity index (χ1v) is 6.01. The molecule has 0 atom stereocenters. The standard InChI is InChI=1S/C14H16N2O3/c15-11-3-1-4-13(9-11)19-10-14(17)16-7-6-12-5-2-8-18-12/h1-5,8-9H,6-7,10,15H2,(H,16,17). The molecule has 0 aliphatic carbocycles. The first-order valence-electron chi connectivity index (χ1n) is 6.01. The van der Waals surface area contributed by atoms with E-state index in [1.54, 1.807) is 30.5 Å². The molecule has 2 aromatic rings. The van der Waals surface area contributed by atoms with Crippen molar-refractivity contribution in [1.82, 2.24) is 5.32 Å². The first kappa shape index (κ1) is 13.0. The van der Waals surface area contributed by atoms with E-state index in [1.807, 2.05) is 12.1 Å². The molecular weight excluding hydrogens is 244 g/mol. The van der Waals surface area contributed by atoms with Gasteiger partial charge in [0.05, 0.1) is 6.26 Å². The van der Waals surface area contributed by atoms with E-state index in [0.29, 0.717) is 24.4 Å². The molecule has 0 saturated heterocycles. The fourth-order valence-corrected chi connectivity index (χ4v) is 1.58. The van der Waals surface area contributed by atoms with Crippen LogP contribution in [0.15, 0.2) is 47.1 Å². The maximum Gasteiger partial charge on any atom is 0.257 e. The van der Waals surface area contributed by atoms with Crippen LogP contribution in [0.25, 0.3) is 0 Å². The topological polar surface area (TPSA) is 77.5 Å². The Morgan fingerprint density at radius 3 is 2.95 bits per heavy atom. The number of carbonyl (C=O) groups excluding carboxylic acids is 1. The number of hydrogen-bond donors (Lipinski definition) is 2. The van der Waals surface area contributed by atoms with Gasteiger partial charge in [0.25, 0.3) is 5.91 Å². The van der Waals surface area contributed by atoms with Gasteiger partial charge >= 0.3 is 0 Å². The highest BCUT2D eigenvalue weighted by Gasteiger charge is 2.03. The van der Waals surface area contributed by atoms with Crippen LogP contribution in [-0.2, 0) is 11.2 Å². The molecule has 5 nitrogen and oxygen atoms in total. The molecule has 1 aromatic heterocycles. The van der Waals surface area contributed by atoms with Crippen LogP contribution in [0.3, 0.4) is 0 Å². The van der Waals surface area contributed by atoms with Crippen LogP contribution >= 0.6 is 0 Å². The van der Waals surface area contributed by atoms with Crippen LogP contribution in [0, 0.1) is 0 Å². The van der Waals surface area contributed by atoms with Crippen LogP contribution in [0.1, 0.15) is 5.76 Å². The SMILES string of the molecule is Nc1cccc(OCC(=O)NCCc2ccco2)c1. The van der Waals surface area contributed by atoms with Gasteiger partial charge < -0.3 is 20.2 Å². The van der Waals surface area contributed by atoms with Crippen molar-refractivity contribution in [3.8, 4) is 5.75 Å². The number of amides is 1. The molecule has 1 amide bonds. The van der Waals surface area contributed by atoms with E-state index in [2.05, 4.69) is 5.32 Å². The van der Waals surface area contributed by atoms with E-state index >= 15 is 0 Å². The van der Waals surface area contributed by atoms with Crippen LogP contribution in [0.5, 0.6) is 5.75 Å². The molecule has 5 heteroatoms. The van der Waals surface area contributed by atoms with Gasteiger partial charge in [-0.3, -0.25) is 4.79 Å². The summed E-state index contributed by atoms with van der Waals surface area (Å²) in [6, 6.07) is 10.7.